The molecule has 2 heterocycles. The average Bonchev–Trinajstić information content (AvgIpc) is 2.60. The summed E-state index contributed by atoms with van der Waals surface area (Å²) in [5.74, 6) is 0. The lowest BCUT2D eigenvalue weighted by Crippen LogP contribution is -2.21. The fraction of sp³-hybridized carbons (Fsp3) is 0.571. The van der Waals surface area contributed by atoms with Crippen LogP contribution in [0.1, 0.15) is 52.9 Å². The van der Waals surface area contributed by atoms with Gasteiger partial charge in [0.2, 0.25) is 0 Å². The standard InChI is InChI=1S/C14H21N3/c1-13(2,3)11-8-16-12(14(4,5)6)10-7-15-9-17(10)11/h7-9H,1-6H3. The van der Waals surface area contributed by atoms with E-state index >= 15 is 0 Å². The third kappa shape index (κ3) is 2.06. The monoisotopic (exact) mass is 231 g/mol. The largest absolute Gasteiger partial charge is 0.299 e. The number of rotatable bonds is 0. The molecule has 0 N–H and O–H groups in total. The van der Waals surface area contributed by atoms with E-state index in [0.717, 1.165) is 11.2 Å². The van der Waals surface area contributed by atoms with Gasteiger partial charge in [-0.2, -0.15) is 0 Å². The first kappa shape index (κ1) is 12.1. The molecule has 0 spiro atoms. The highest BCUT2D eigenvalue weighted by molar-refractivity contribution is 5.54. The second-order valence-electron chi connectivity index (χ2n) is 6.64. The lowest BCUT2D eigenvalue weighted by Gasteiger charge is -2.24. The van der Waals surface area contributed by atoms with Crippen LogP contribution in [-0.4, -0.2) is 14.4 Å². The van der Waals surface area contributed by atoms with Gasteiger partial charge in [-0.25, -0.2) is 4.98 Å². The van der Waals surface area contributed by atoms with Crippen molar-refractivity contribution in [2.24, 2.45) is 0 Å². The molecule has 92 valence electrons. The van der Waals surface area contributed by atoms with Crippen LogP contribution in [0, 0.1) is 0 Å². The smallest absolute Gasteiger partial charge is 0.0995 e. The number of aromatic nitrogens is 3. The van der Waals surface area contributed by atoms with Crippen molar-refractivity contribution in [3.05, 3.63) is 30.1 Å². The van der Waals surface area contributed by atoms with Crippen molar-refractivity contribution in [3.63, 3.8) is 0 Å². The van der Waals surface area contributed by atoms with Crippen molar-refractivity contribution >= 4 is 5.52 Å². The molecule has 0 unspecified atom stereocenters. The van der Waals surface area contributed by atoms with Crippen molar-refractivity contribution in [1.29, 1.82) is 0 Å². The molecule has 0 radical (unpaired) electrons. The summed E-state index contributed by atoms with van der Waals surface area (Å²) in [6.45, 7) is 13.1. The zero-order valence-electron chi connectivity index (χ0n) is 11.6. The van der Waals surface area contributed by atoms with Gasteiger partial charge >= 0.3 is 0 Å². The Kier molecular flexibility index (Phi) is 2.53. The van der Waals surface area contributed by atoms with Crippen LogP contribution < -0.4 is 0 Å². The second kappa shape index (κ2) is 3.56. The van der Waals surface area contributed by atoms with E-state index in [1.165, 1.54) is 5.69 Å². The van der Waals surface area contributed by atoms with Crippen molar-refractivity contribution in [2.75, 3.05) is 0 Å². The number of imidazole rings is 1. The maximum atomic E-state index is 4.66. The minimum atomic E-state index is 0.0394. The summed E-state index contributed by atoms with van der Waals surface area (Å²) in [4.78, 5) is 8.93. The first-order chi connectivity index (χ1) is 7.71. The number of fused-ring (bicyclic) bond motifs is 1. The van der Waals surface area contributed by atoms with E-state index in [-0.39, 0.29) is 10.8 Å². The Labute approximate surface area is 103 Å². The molecule has 0 atom stereocenters. The lowest BCUT2D eigenvalue weighted by atomic mass is 9.89. The molecular formula is C14H21N3. The van der Waals surface area contributed by atoms with E-state index in [2.05, 4.69) is 55.9 Å². The maximum absolute atomic E-state index is 4.66. The van der Waals surface area contributed by atoms with Gasteiger partial charge in [-0.1, -0.05) is 41.5 Å². The van der Waals surface area contributed by atoms with Crippen LogP contribution in [0.5, 0.6) is 0 Å². The van der Waals surface area contributed by atoms with E-state index < -0.39 is 0 Å². The topological polar surface area (TPSA) is 30.2 Å². The molecule has 0 amide bonds. The third-order valence-electron chi connectivity index (χ3n) is 2.94. The highest BCUT2D eigenvalue weighted by Crippen LogP contribution is 2.28. The van der Waals surface area contributed by atoms with Gasteiger partial charge in [0.1, 0.15) is 0 Å². The summed E-state index contributed by atoms with van der Waals surface area (Å²) in [5, 5.41) is 0. The van der Waals surface area contributed by atoms with Gasteiger partial charge in [0, 0.05) is 22.7 Å². The van der Waals surface area contributed by atoms with Gasteiger partial charge < -0.3 is 0 Å². The zero-order valence-corrected chi connectivity index (χ0v) is 11.6. The number of nitrogens with zero attached hydrogens (tertiary/aromatic N) is 3. The second-order valence-corrected chi connectivity index (χ2v) is 6.64. The van der Waals surface area contributed by atoms with Crippen molar-refractivity contribution in [3.8, 4) is 0 Å². The van der Waals surface area contributed by atoms with E-state index in [9.17, 15) is 0 Å². The molecule has 0 bridgehead atoms. The Balaban J connectivity index is 2.76. The highest BCUT2D eigenvalue weighted by atomic mass is 15.0. The van der Waals surface area contributed by atoms with Gasteiger partial charge in [0.15, 0.2) is 0 Å². The van der Waals surface area contributed by atoms with Crippen LogP contribution >= 0.6 is 0 Å². The van der Waals surface area contributed by atoms with Crippen LogP contribution in [0.3, 0.4) is 0 Å². The maximum Gasteiger partial charge on any atom is 0.0995 e. The van der Waals surface area contributed by atoms with Gasteiger partial charge in [-0.15, -0.1) is 0 Å². The van der Waals surface area contributed by atoms with Crippen LogP contribution in [0.25, 0.3) is 5.52 Å². The lowest BCUT2D eigenvalue weighted by molar-refractivity contribution is 0.539. The molecule has 0 saturated carbocycles. The molecule has 0 aromatic carbocycles. The molecule has 0 aliphatic rings. The van der Waals surface area contributed by atoms with E-state index in [1.54, 1.807) is 0 Å². The van der Waals surface area contributed by atoms with Crippen LogP contribution in [0.2, 0.25) is 0 Å². The van der Waals surface area contributed by atoms with Gasteiger partial charge in [-0.3, -0.25) is 9.38 Å². The normalized spacial score (nSPS) is 13.3. The molecular weight excluding hydrogens is 210 g/mol. The van der Waals surface area contributed by atoms with Crippen molar-refractivity contribution in [2.45, 2.75) is 52.4 Å². The zero-order chi connectivity index (χ0) is 12.8. The van der Waals surface area contributed by atoms with Crippen molar-refractivity contribution < 1.29 is 0 Å². The Bertz CT molecular complexity index is 491. The number of hydrogen-bond donors (Lipinski definition) is 0. The predicted molar refractivity (Wildman–Crippen MR) is 70.4 cm³/mol. The van der Waals surface area contributed by atoms with Crippen LogP contribution in [-0.2, 0) is 10.8 Å². The van der Waals surface area contributed by atoms with Gasteiger partial charge in [0.05, 0.1) is 23.7 Å². The van der Waals surface area contributed by atoms with Gasteiger partial charge in [-0.05, 0) is 0 Å². The molecule has 0 saturated heterocycles. The fourth-order valence-electron chi connectivity index (χ4n) is 2.05. The molecule has 0 fully saturated rings. The summed E-state index contributed by atoms with van der Waals surface area (Å²) in [6.07, 6.45) is 5.77. The van der Waals surface area contributed by atoms with Crippen molar-refractivity contribution in [1.82, 2.24) is 14.4 Å². The molecule has 2 aromatic rings. The molecule has 0 aliphatic heterocycles. The SMILES string of the molecule is CC(C)(C)c1ncc(C(C)(C)C)n2cncc12. The molecule has 3 heteroatoms. The third-order valence-corrected chi connectivity index (χ3v) is 2.94. The Morgan fingerprint density at radius 1 is 0.941 bits per heavy atom. The minimum absolute atomic E-state index is 0.0394. The molecule has 2 aromatic heterocycles. The Morgan fingerprint density at radius 3 is 2.12 bits per heavy atom. The summed E-state index contributed by atoms with van der Waals surface area (Å²) in [5.41, 5.74) is 3.52. The highest BCUT2D eigenvalue weighted by Gasteiger charge is 2.24. The molecule has 0 aliphatic carbocycles. The first-order valence-corrected chi connectivity index (χ1v) is 6.03. The molecule has 17 heavy (non-hydrogen) atoms. The Morgan fingerprint density at radius 2 is 1.59 bits per heavy atom. The summed E-state index contributed by atoms with van der Waals surface area (Å²) in [6, 6.07) is 0. The van der Waals surface area contributed by atoms with E-state index in [0.29, 0.717) is 0 Å². The first-order valence-electron chi connectivity index (χ1n) is 6.03. The van der Waals surface area contributed by atoms with Crippen LogP contribution in [0.15, 0.2) is 18.7 Å². The molecule has 3 nitrogen and oxygen atoms in total. The average molecular weight is 231 g/mol. The van der Waals surface area contributed by atoms with Gasteiger partial charge in [0.25, 0.3) is 0 Å². The Hall–Kier alpha value is -1.38. The molecule has 2 rings (SSSR count). The number of hydrogen-bond acceptors (Lipinski definition) is 2. The van der Waals surface area contributed by atoms with E-state index in [1.807, 2.05) is 18.7 Å². The summed E-state index contributed by atoms with van der Waals surface area (Å²) < 4.78 is 2.16. The quantitative estimate of drug-likeness (QED) is 0.696. The van der Waals surface area contributed by atoms with E-state index in [4.69, 9.17) is 0 Å². The van der Waals surface area contributed by atoms with Crippen LogP contribution in [0.4, 0.5) is 0 Å². The summed E-state index contributed by atoms with van der Waals surface area (Å²) >= 11 is 0. The minimum Gasteiger partial charge on any atom is -0.299 e. The fourth-order valence-corrected chi connectivity index (χ4v) is 2.05. The summed E-state index contributed by atoms with van der Waals surface area (Å²) in [7, 11) is 0. The predicted octanol–water partition coefficient (Wildman–Crippen LogP) is 3.32.